The summed E-state index contributed by atoms with van der Waals surface area (Å²) in [4.78, 5) is 12.5. The summed E-state index contributed by atoms with van der Waals surface area (Å²) in [5.41, 5.74) is 4.59. The van der Waals surface area contributed by atoms with Gasteiger partial charge in [-0.3, -0.25) is 9.52 Å². The quantitative estimate of drug-likeness (QED) is 0.661. The van der Waals surface area contributed by atoms with E-state index in [2.05, 4.69) is 10.0 Å². The molecule has 1 amide bonds. The van der Waals surface area contributed by atoms with Gasteiger partial charge in [0.2, 0.25) is 0 Å². The number of nitrogens with one attached hydrogen (secondary N) is 2. The van der Waals surface area contributed by atoms with Crippen LogP contribution in [0.25, 0.3) is 0 Å². The van der Waals surface area contributed by atoms with E-state index >= 15 is 0 Å². The summed E-state index contributed by atoms with van der Waals surface area (Å²) in [6, 6.07) is 18.8. The molecule has 0 unspecified atom stereocenters. The van der Waals surface area contributed by atoms with Crippen LogP contribution in [0.1, 0.15) is 27.0 Å². The first-order valence-electron chi connectivity index (χ1n) is 8.83. The maximum absolute atomic E-state index is 12.6. The van der Waals surface area contributed by atoms with Gasteiger partial charge in [0.05, 0.1) is 4.90 Å². The van der Waals surface area contributed by atoms with Crippen molar-refractivity contribution in [3.63, 3.8) is 0 Å². The molecule has 0 bridgehead atoms. The van der Waals surface area contributed by atoms with E-state index in [1.54, 1.807) is 42.5 Å². The van der Waals surface area contributed by atoms with Gasteiger partial charge in [0, 0.05) is 16.9 Å². The molecule has 28 heavy (non-hydrogen) atoms. The predicted octanol–water partition coefficient (Wildman–Crippen LogP) is 4.66. The van der Waals surface area contributed by atoms with Crippen LogP contribution in [0, 0.1) is 20.8 Å². The van der Waals surface area contributed by atoms with Gasteiger partial charge in [0.1, 0.15) is 0 Å². The van der Waals surface area contributed by atoms with E-state index in [0.717, 1.165) is 16.7 Å². The van der Waals surface area contributed by atoms with Crippen LogP contribution in [0.2, 0.25) is 0 Å². The van der Waals surface area contributed by atoms with E-state index in [4.69, 9.17) is 0 Å². The molecule has 0 aromatic heterocycles. The standard InChI is InChI=1S/C22H22N2O3S/c1-15-4-9-19(10-5-15)23-22(25)18-7-11-20(12-8-18)24-28(26,27)21-13-6-16(2)17(3)14-21/h4-14,24H,1-3H3,(H,23,25). The van der Waals surface area contributed by atoms with Crippen molar-refractivity contribution in [3.8, 4) is 0 Å². The molecule has 5 nitrogen and oxygen atoms in total. The van der Waals surface area contributed by atoms with Gasteiger partial charge >= 0.3 is 0 Å². The third-order valence-corrected chi connectivity index (χ3v) is 5.88. The highest BCUT2D eigenvalue weighted by atomic mass is 32.2. The molecule has 0 saturated carbocycles. The molecule has 0 aliphatic heterocycles. The molecule has 2 N–H and O–H groups in total. The van der Waals surface area contributed by atoms with Crippen LogP contribution in [-0.4, -0.2) is 14.3 Å². The molecule has 0 saturated heterocycles. The monoisotopic (exact) mass is 394 g/mol. The largest absolute Gasteiger partial charge is 0.322 e. The van der Waals surface area contributed by atoms with Crippen LogP contribution in [0.5, 0.6) is 0 Å². The average molecular weight is 394 g/mol. The lowest BCUT2D eigenvalue weighted by Crippen LogP contribution is -2.14. The minimum absolute atomic E-state index is 0.205. The number of hydrogen-bond acceptors (Lipinski definition) is 3. The summed E-state index contributed by atoms with van der Waals surface area (Å²) in [7, 11) is -3.69. The second-order valence-electron chi connectivity index (χ2n) is 6.75. The van der Waals surface area contributed by atoms with Crippen LogP contribution < -0.4 is 10.0 Å². The summed E-state index contributed by atoms with van der Waals surface area (Å²) in [6.45, 7) is 5.78. The fourth-order valence-corrected chi connectivity index (χ4v) is 3.77. The van der Waals surface area contributed by atoms with Gasteiger partial charge in [-0.2, -0.15) is 0 Å². The third-order valence-electron chi connectivity index (χ3n) is 4.50. The van der Waals surface area contributed by atoms with Gasteiger partial charge in [-0.15, -0.1) is 0 Å². The van der Waals surface area contributed by atoms with E-state index in [-0.39, 0.29) is 10.8 Å². The second-order valence-corrected chi connectivity index (χ2v) is 8.43. The Morgan fingerprint density at radius 2 is 1.36 bits per heavy atom. The van der Waals surface area contributed by atoms with Gasteiger partial charge in [-0.05, 0) is 80.4 Å². The summed E-state index contributed by atoms with van der Waals surface area (Å²) in [5, 5.41) is 2.81. The highest BCUT2D eigenvalue weighted by Crippen LogP contribution is 2.20. The zero-order valence-corrected chi connectivity index (χ0v) is 16.8. The van der Waals surface area contributed by atoms with Crippen LogP contribution in [0.4, 0.5) is 11.4 Å². The average Bonchev–Trinajstić information content (AvgIpc) is 2.66. The van der Waals surface area contributed by atoms with Crippen molar-refractivity contribution < 1.29 is 13.2 Å². The van der Waals surface area contributed by atoms with Crippen LogP contribution in [0.3, 0.4) is 0 Å². The molecule has 6 heteroatoms. The van der Waals surface area contributed by atoms with Gasteiger partial charge in [-0.25, -0.2) is 8.42 Å². The Morgan fingerprint density at radius 3 is 1.96 bits per heavy atom. The van der Waals surface area contributed by atoms with Gasteiger partial charge < -0.3 is 5.32 Å². The number of hydrogen-bond donors (Lipinski definition) is 2. The minimum Gasteiger partial charge on any atom is -0.322 e. The SMILES string of the molecule is Cc1ccc(NC(=O)c2ccc(NS(=O)(=O)c3ccc(C)c(C)c3)cc2)cc1. The number of benzene rings is 3. The molecule has 0 aliphatic rings. The molecular weight excluding hydrogens is 372 g/mol. The Hall–Kier alpha value is -3.12. The van der Waals surface area contributed by atoms with Crippen molar-refractivity contribution in [1.29, 1.82) is 0 Å². The molecule has 3 aromatic carbocycles. The van der Waals surface area contributed by atoms with Gasteiger partial charge in [0.15, 0.2) is 0 Å². The zero-order valence-electron chi connectivity index (χ0n) is 16.0. The summed E-state index contributed by atoms with van der Waals surface area (Å²) >= 11 is 0. The smallest absolute Gasteiger partial charge is 0.261 e. The summed E-state index contributed by atoms with van der Waals surface area (Å²) in [5.74, 6) is -0.257. The predicted molar refractivity (Wildman–Crippen MR) is 112 cm³/mol. The molecule has 0 heterocycles. The molecule has 0 radical (unpaired) electrons. The van der Waals surface area contributed by atoms with Gasteiger partial charge in [0.25, 0.3) is 15.9 Å². The topological polar surface area (TPSA) is 75.3 Å². The molecule has 0 aliphatic carbocycles. The Morgan fingerprint density at radius 1 is 0.750 bits per heavy atom. The summed E-state index contributed by atoms with van der Waals surface area (Å²) < 4.78 is 27.7. The second kappa shape index (κ2) is 7.86. The Kier molecular flexibility index (Phi) is 5.51. The van der Waals surface area contributed by atoms with Crippen molar-refractivity contribution in [3.05, 3.63) is 89.0 Å². The zero-order chi connectivity index (χ0) is 20.3. The Labute approximate surface area is 165 Å². The lowest BCUT2D eigenvalue weighted by Gasteiger charge is -2.11. The first kappa shape index (κ1) is 19.6. The molecule has 3 aromatic rings. The van der Waals surface area contributed by atoms with E-state index < -0.39 is 10.0 Å². The first-order chi connectivity index (χ1) is 13.2. The number of anilines is 2. The lowest BCUT2D eigenvalue weighted by molar-refractivity contribution is 0.102. The van der Waals surface area contributed by atoms with Gasteiger partial charge in [-0.1, -0.05) is 23.8 Å². The van der Waals surface area contributed by atoms with E-state index in [0.29, 0.717) is 16.9 Å². The normalized spacial score (nSPS) is 11.1. The van der Waals surface area contributed by atoms with E-state index in [9.17, 15) is 13.2 Å². The van der Waals surface area contributed by atoms with E-state index in [1.165, 1.54) is 0 Å². The minimum atomic E-state index is -3.69. The number of carbonyl (C=O) groups is 1. The molecule has 0 fully saturated rings. The number of sulfonamides is 1. The van der Waals surface area contributed by atoms with Crippen LogP contribution in [0.15, 0.2) is 71.6 Å². The highest BCUT2D eigenvalue weighted by molar-refractivity contribution is 7.92. The molecular formula is C22H22N2O3S. The molecule has 144 valence electrons. The lowest BCUT2D eigenvalue weighted by atomic mass is 10.1. The highest BCUT2D eigenvalue weighted by Gasteiger charge is 2.15. The third kappa shape index (κ3) is 4.58. The van der Waals surface area contributed by atoms with Crippen LogP contribution in [-0.2, 0) is 10.0 Å². The Bertz CT molecular complexity index is 1100. The molecule has 0 atom stereocenters. The maximum atomic E-state index is 12.6. The number of carbonyl (C=O) groups excluding carboxylic acids is 1. The van der Waals surface area contributed by atoms with E-state index in [1.807, 2.05) is 45.0 Å². The van der Waals surface area contributed by atoms with Crippen molar-refractivity contribution in [2.45, 2.75) is 25.7 Å². The molecule has 3 rings (SSSR count). The fourth-order valence-electron chi connectivity index (χ4n) is 2.62. The van der Waals surface area contributed by atoms with Crippen molar-refractivity contribution in [2.75, 3.05) is 10.0 Å². The maximum Gasteiger partial charge on any atom is 0.261 e. The fraction of sp³-hybridized carbons (Fsp3) is 0.136. The molecule has 0 spiro atoms. The van der Waals surface area contributed by atoms with Crippen LogP contribution >= 0.6 is 0 Å². The van der Waals surface area contributed by atoms with Crippen molar-refractivity contribution in [1.82, 2.24) is 0 Å². The number of aryl methyl sites for hydroxylation is 3. The van der Waals surface area contributed by atoms with Crippen molar-refractivity contribution >= 4 is 27.3 Å². The number of rotatable bonds is 5. The van der Waals surface area contributed by atoms with Crippen molar-refractivity contribution in [2.24, 2.45) is 0 Å². The summed E-state index contributed by atoms with van der Waals surface area (Å²) in [6.07, 6.45) is 0. The number of amides is 1. The first-order valence-corrected chi connectivity index (χ1v) is 10.3. The Balaban J connectivity index is 1.72.